The molecule has 2 heterocycles. The van der Waals surface area contributed by atoms with Crippen LogP contribution in [0.3, 0.4) is 0 Å². The average Bonchev–Trinajstić information content (AvgIpc) is 3.28. The van der Waals surface area contributed by atoms with Crippen molar-refractivity contribution in [3.8, 4) is 0 Å². The summed E-state index contributed by atoms with van der Waals surface area (Å²) >= 11 is 1.46. The van der Waals surface area contributed by atoms with E-state index in [-0.39, 0.29) is 5.56 Å². The van der Waals surface area contributed by atoms with E-state index in [1.807, 2.05) is 27.7 Å². The fourth-order valence-corrected chi connectivity index (χ4v) is 6.12. The number of carbonyl (C=O) groups excluding carboxylic acids is 1. The molecule has 9 heteroatoms. The van der Waals surface area contributed by atoms with Gasteiger partial charge >= 0.3 is 0 Å². The minimum atomic E-state index is -0.621. The molecule has 5 aromatic rings. The van der Waals surface area contributed by atoms with Crippen molar-refractivity contribution in [2.45, 2.75) is 55.4 Å². The Labute approximate surface area is 250 Å². The minimum Gasteiger partial charge on any atom is -0.365 e. The molecule has 0 atom stereocenters. The number of amides is 1. The van der Waals surface area contributed by atoms with Crippen LogP contribution in [0, 0.1) is 55.4 Å². The van der Waals surface area contributed by atoms with E-state index < -0.39 is 5.91 Å². The number of benzene rings is 3. The van der Waals surface area contributed by atoms with Gasteiger partial charge in [0.1, 0.15) is 11.5 Å². The monoisotopic (exact) mass is 577 g/mol. The molecule has 0 saturated carbocycles. The molecule has 1 amide bonds. The van der Waals surface area contributed by atoms with E-state index in [0.717, 1.165) is 49.4 Å². The number of nitrogens with zero attached hydrogens (tertiary/aromatic N) is 4. The number of thiazole rings is 1. The van der Waals surface area contributed by atoms with Crippen molar-refractivity contribution in [3.63, 3.8) is 0 Å². The largest absolute Gasteiger partial charge is 0.365 e. The predicted octanol–water partition coefficient (Wildman–Crippen LogP) is 9.16. The molecule has 0 aliphatic carbocycles. The molecule has 0 bridgehead atoms. The van der Waals surface area contributed by atoms with Crippen LogP contribution >= 0.6 is 11.3 Å². The maximum atomic E-state index is 12.7. The number of pyridine rings is 1. The van der Waals surface area contributed by atoms with Crippen molar-refractivity contribution in [1.29, 1.82) is 0 Å². The van der Waals surface area contributed by atoms with Crippen LogP contribution in [0.25, 0.3) is 10.2 Å². The fourth-order valence-electron chi connectivity index (χ4n) is 5.25. The average molecular weight is 578 g/mol. The highest BCUT2D eigenvalue weighted by molar-refractivity contribution is 7.21. The van der Waals surface area contributed by atoms with Crippen molar-refractivity contribution in [2.75, 3.05) is 10.6 Å². The van der Waals surface area contributed by atoms with E-state index in [2.05, 4.69) is 89.9 Å². The zero-order chi connectivity index (χ0) is 30.3. The molecule has 2 aromatic heterocycles. The van der Waals surface area contributed by atoms with Crippen LogP contribution in [-0.2, 0) is 0 Å². The number of nitrogens with two attached hydrogens (primary N) is 1. The lowest BCUT2D eigenvalue weighted by Gasteiger charge is -2.19. The van der Waals surface area contributed by atoms with E-state index in [1.54, 1.807) is 6.07 Å². The van der Waals surface area contributed by atoms with E-state index in [9.17, 15) is 4.79 Å². The van der Waals surface area contributed by atoms with Gasteiger partial charge in [0.25, 0.3) is 5.91 Å². The second kappa shape index (κ2) is 11.3. The number of anilines is 4. The third-order valence-electron chi connectivity index (χ3n) is 7.34. The molecule has 42 heavy (non-hydrogen) atoms. The SMILES string of the molecule is Cc1cc(C)c(Nc2nc(Nc3c(C)cc(C)cc3C)c(C(N)=O)cc2N=Nc2nc3cc(C)c(C)cc3s2)c(C)c1. The van der Waals surface area contributed by atoms with E-state index >= 15 is 0 Å². The molecule has 0 saturated heterocycles. The molecule has 0 aliphatic rings. The summed E-state index contributed by atoms with van der Waals surface area (Å²) in [7, 11) is 0. The Kier molecular flexibility index (Phi) is 7.79. The number of primary amides is 1. The Balaban J connectivity index is 1.64. The Morgan fingerprint density at radius 3 is 1.74 bits per heavy atom. The van der Waals surface area contributed by atoms with E-state index in [1.165, 1.54) is 28.0 Å². The van der Waals surface area contributed by atoms with Crippen molar-refractivity contribution in [2.24, 2.45) is 16.0 Å². The Hall–Kier alpha value is -4.63. The van der Waals surface area contributed by atoms with Crippen LogP contribution in [0.5, 0.6) is 0 Å². The maximum Gasteiger partial charge on any atom is 0.252 e. The first kappa shape index (κ1) is 28.9. The van der Waals surface area contributed by atoms with E-state index in [0.29, 0.717) is 22.5 Å². The summed E-state index contributed by atoms with van der Waals surface area (Å²) in [6.45, 7) is 16.4. The van der Waals surface area contributed by atoms with Gasteiger partial charge in [-0.1, -0.05) is 46.7 Å². The molecule has 3 aromatic carbocycles. The summed E-state index contributed by atoms with van der Waals surface area (Å²) < 4.78 is 1.04. The normalized spacial score (nSPS) is 11.4. The first-order chi connectivity index (χ1) is 19.9. The van der Waals surface area contributed by atoms with Crippen molar-refractivity contribution in [3.05, 3.63) is 92.5 Å². The topological polar surface area (TPSA) is 118 Å². The predicted molar refractivity (Wildman–Crippen MR) is 174 cm³/mol. The van der Waals surface area contributed by atoms with Crippen LogP contribution in [0.15, 0.2) is 52.7 Å². The number of hydrogen-bond donors (Lipinski definition) is 3. The molecule has 0 radical (unpaired) electrons. The van der Waals surface area contributed by atoms with Gasteiger partial charge in [0.05, 0.1) is 15.8 Å². The lowest BCUT2D eigenvalue weighted by molar-refractivity contribution is 0.100. The lowest BCUT2D eigenvalue weighted by Crippen LogP contribution is -2.15. The highest BCUT2D eigenvalue weighted by Crippen LogP contribution is 2.37. The standard InChI is InChI=1S/C33H35N7OS/c1-16-9-20(5)28(21(6)10-16)36-31-24(30(34)41)15-26(32(38-31)37-29-22(7)11-17(2)12-23(29)8)39-40-33-35-25-13-18(3)19(4)14-27(25)42-33/h9-15H,1-8H3,(H2,34,41)(H2,36,37,38). The molecule has 214 valence electrons. The molecule has 0 aliphatic heterocycles. The van der Waals surface area contributed by atoms with Gasteiger partial charge in [-0.15, -0.1) is 10.2 Å². The highest BCUT2D eigenvalue weighted by atomic mass is 32.1. The minimum absolute atomic E-state index is 0.210. The number of carbonyl (C=O) groups is 1. The molecular formula is C33H35N7OS. The summed E-state index contributed by atoms with van der Waals surface area (Å²) in [5.41, 5.74) is 18.0. The van der Waals surface area contributed by atoms with Crippen molar-refractivity contribution in [1.82, 2.24) is 9.97 Å². The number of fused-ring (bicyclic) bond motifs is 1. The maximum absolute atomic E-state index is 12.7. The number of azo groups is 1. The first-order valence-electron chi connectivity index (χ1n) is 13.7. The van der Waals surface area contributed by atoms with Gasteiger partial charge in [-0.25, -0.2) is 9.97 Å². The Morgan fingerprint density at radius 2 is 1.19 bits per heavy atom. The third-order valence-corrected chi connectivity index (χ3v) is 8.25. The van der Waals surface area contributed by atoms with Crippen LogP contribution < -0.4 is 16.4 Å². The first-order valence-corrected chi connectivity index (χ1v) is 14.6. The van der Waals surface area contributed by atoms with Crippen LogP contribution in [-0.4, -0.2) is 15.9 Å². The lowest BCUT2D eigenvalue weighted by atomic mass is 10.0. The van der Waals surface area contributed by atoms with Gasteiger partial charge in [0.2, 0.25) is 5.13 Å². The molecule has 5 rings (SSSR count). The number of aryl methyl sites for hydroxylation is 8. The smallest absolute Gasteiger partial charge is 0.252 e. The van der Waals surface area contributed by atoms with E-state index in [4.69, 9.17) is 10.7 Å². The van der Waals surface area contributed by atoms with Gasteiger partial charge in [-0.3, -0.25) is 4.79 Å². The Bertz CT molecular complexity index is 1820. The molecular weight excluding hydrogens is 542 g/mol. The molecule has 4 N–H and O–H groups in total. The molecule has 0 unspecified atom stereocenters. The molecule has 0 fully saturated rings. The zero-order valence-corrected chi connectivity index (χ0v) is 26.0. The summed E-state index contributed by atoms with van der Waals surface area (Å²) in [5.74, 6) is 0.160. The number of rotatable bonds is 7. The second-order valence-electron chi connectivity index (χ2n) is 11.0. The summed E-state index contributed by atoms with van der Waals surface area (Å²) in [6, 6.07) is 14.2. The second-order valence-corrected chi connectivity index (χ2v) is 12.0. The third kappa shape index (κ3) is 5.87. The van der Waals surface area contributed by atoms with Crippen LogP contribution in [0.4, 0.5) is 33.8 Å². The van der Waals surface area contributed by atoms with Gasteiger partial charge in [-0.05, 0) is 107 Å². The summed E-state index contributed by atoms with van der Waals surface area (Å²) in [4.78, 5) is 22.2. The van der Waals surface area contributed by atoms with Gasteiger partial charge in [0.15, 0.2) is 5.82 Å². The Morgan fingerprint density at radius 1 is 0.667 bits per heavy atom. The van der Waals surface area contributed by atoms with Crippen LogP contribution in [0.1, 0.15) is 54.9 Å². The molecule has 8 nitrogen and oxygen atoms in total. The van der Waals surface area contributed by atoms with Crippen molar-refractivity contribution < 1.29 is 4.79 Å². The summed E-state index contributed by atoms with van der Waals surface area (Å²) in [5, 5.41) is 16.4. The summed E-state index contributed by atoms with van der Waals surface area (Å²) in [6.07, 6.45) is 0. The number of hydrogen-bond acceptors (Lipinski definition) is 8. The van der Waals surface area contributed by atoms with Crippen LogP contribution in [0.2, 0.25) is 0 Å². The highest BCUT2D eigenvalue weighted by Gasteiger charge is 2.19. The van der Waals surface area contributed by atoms with Gasteiger partial charge < -0.3 is 16.4 Å². The van der Waals surface area contributed by atoms with Gasteiger partial charge in [-0.2, -0.15) is 0 Å². The fraction of sp³-hybridized carbons (Fsp3) is 0.242. The molecule has 0 spiro atoms. The number of aromatic nitrogens is 2. The quantitative estimate of drug-likeness (QED) is 0.167. The zero-order valence-electron chi connectivity index (χ0n) is 25.2. The van der Waals surface area contributed by atoms with Gasteiger partial charge in [0, 0.05) is 11.4 Å². The number of nitrogens with one attached hydrogen (secondary N) is 2. The van der Waals surface area contributed by atoms with Crippen molar-refractivity contribution >= 4 is 61.3 Å².